The van der Waals surface area contributed by atoms with Crippen LogP contribution in [0.4, 0.5) is 11.4 Å². The lowest BCUT2D eigenvalue weighted by Crippen LogP contribution is -2.52. The Bertz CT molecular complexity index is 619. The third-order valence-electron chi connectivity index (χ3n) is 6.27. The van der Waals surface area contributed by atoms with E-state index in [9.17, 15) is 4.79 Å². The van der Waals surface area contributed by atoms with Crippen LogP contribution in [0, 0.1) is 5.92 Å². The molecule has 0 bridgehead atoms. The number of nitrogens with zero attached hydrogens (tertiary/aromatic N) is 2. The fourth-order valence-electron chi connectivity index (χ4n) is 5.08. The second kappa shape index (κ2) is 7.86. The molecule has 1 saturated carbocycles. The highest BCUT2D eigenvalue weighted by atomic mass is 35.5. The maximum Gasteiger partial charge on any atom is 0.242 e. The van der Waals surface area contributed by atoms with E-state index in [-0.39, 0.29) is 12.4 Å². The molecule has 2 heterocycles. The normalized spacial score (nSPS) is 25.6. The van der Waals surface area contributed by atoms with Gasteiger partial charge in [0.05, 0.1) is 6.54 Å². The molecule has 1 aromatic rings. The number of piperidine rings is 1. The van der Waals surface area contributed by atoms with Crippen molar-refractivity contribution in [2.24, 2.45) is 5.92 Å². The number of amides is 1. The van der Waals surface area contributed by atoms with Crippen molar-refractivity contribution in [2.45, 2.75) is 57.4 Å². The molecule has 2 fully saturated rings. The van der Waals surface area contributed by atoms with E-state index >= 15 is 0 Å². The molecule has 2 N–H and O–H groups in total. The summed E-state index contributed by atoms with van der Waals surface area (Å²) in [5, 5.41) is 0. The number of hydrogen-bond donors (Lipinski definition) is 1. The highest BCUT2D eigenvalue weighted by Crippen LogP contribution is 2.36. The predicted molar refractivity (Wildman–Crippen MR) is 105 cm³/mol. The van der Waals surface area contributed by atoms with Gasteiger partial charge in [-0.2, -0.15) is 0 Å². The molecule has 4 rings (SSSR count). The number of fused-ring (bicyclic) bond motifs is 2. The molecule has 0 aromatic heterocycles. The van der Waals surface area contributed by atoms with Gasteiger partial charge in [-0.3, -0.25) is 4.79 Å². The summed E-state index contributed by atoms with van der Waals surface area (Å²) in [6, 6.07) is 6.61. The maximum atomic E-state index is 13.1. The van der Waals surface area contributed by atoms with E-state index in [0.717, 1.165) is 37.5 Å². The zero-order valence-corrected chi connectivity index (χ0v) is 15.8. The summed E-state index contributed by atoms with van der Waals surface area (Å²) in [4.78, 5) is 17.5. The van der Waals surface area contributed by atoms with Crippen molar-refractivity contribution in [1.29, 1.82) is 0 Å². The highest BCUT2D eigenvalue weighted by Gasteiger charge is 2.36. The summed E-state index contributed by atoms with van der Waals surface area (Å²) in [5.74, 6) is 1.07. The zero-order chi connectivity index (χ0) is 16.5. The number of rotatable bonds is 2. The molecule has 1 saturated heterocycles. The van der Waals surface area contributed by atoms with Gasteiger partial charge in [-0.1, -0.05) is 18.9 Å². The maximum absolute atomic E-state index is 13.1. The van der Waals surface area contributed by atoms with Crippen LogP contribution in [0.1, 0.15) is 50.5 Å². The number of benzene rings is 1. The van der Waals surface area contributed by atoms with E-state index in [1.807, 2.05) is 12.1 Å². The van der Waals surface area contributed by atoms with Gasteiger partial charge in [0, 0.05) is 30.5 Å². The lowest BCUT2D eigenvalue weighted by molar-refractivity contribution is -0.136. The summed E-state index contributed by atoms with van der Waals surface area (Å²) in [7, 11) is 0. The summed E-state index contributed by atoms with van der Waals surface area (Å²) < 4.78 is 0. The first-order chi connectivity index (χ1) is 11.7. The quantitative estimate of drug-likeness (QED) is 0.816. The Morgan fingerprint density at radius 2 is 1.88 bits per heavy atom. The molecule has 1 aliphatic carbocycles. The van der Waals surface area contributed by atoms with Crippen LogP contribution in [-0.4, -0.2) is 36.5 Å². The van der Waals surface area contributed by atoms with Crippen molar-refractivity contribution in [3.8, 4) is 0 Å². The number of carbonyl (C=O) groups is 1. The van der Waals surface area contributed by atoms with E-state index in [4.69, 9.17) is 5.73 Å². The Labute approximate surface area is 157 Å². The summed E-state index contributed by atoms with van der Waals surface area (Å²) >= 11 is 0. The first-order valence-corrected chi connectivity index (χ1v) is 9.66. The molecule has 4 nitrogen and oxygen atoms in total. The van der Waals surface area contributed by atoms with Crippen LogP contribution in [-0.2, 0) is 11.2 Å². The van der Waals surface area contributed by atoms with Gasteiger partial charge < -0.3 is 15.5 Å². The highest BCUT2D eigenvalue weighted by molar-refractivity contribution is 5.85. The van der Waals surface area contributed by atoms with Gasteiger partial charge in [0.2, 0.25) is 5.91 Å². The Hall–Kier alpha value is -1.42. The standard InChI is InChI=1S/C20H29N3O.ClH/c21-17-9-3-11-19-16(17)8-5-12-22(19)14-20(24)23-13-4-7-15-6-1-2-10-18(15)23;/h3,9,11,15,18H,1-2,4-8,10,12-14,21H2;1H. The topological polar surface area (TPSA) is 49.6 Å². The zero-order valence-electron chi connectivity index (χ0n) is 15.0. The van der Waals surface area contributed by atoms with Gasteiger partial charge in [0.1, 0.15) is 0 Å². The Morgan fingerprint density at radius 3 is 2.76 bits per heavy atom. The van der Waals surface area contributed by atoms with Gasteiger partial charge in [0.15, 0.2) is 0 Å². The molecule has 2 atom stereocenters. The van der Waals surface area contributed by atoms with Crippen LogP contribution >= 0.6 is 12.4 Å². The number of nitrogens with two attached hydrogens (primary N) is 1. The average molecular weight is 364 g/mol. The van der Waals surface area contributed by atoms with Crippen molar-refractivity contribution < 1.29 is 4.79 Å². The van der Waals surface area contributed by atoms with Crippen molar-refractivity contribution in [2.75, 3.05) is 30.3 Å². The van der Waals surface area contributed by atoms with Gasteiger partial charge in [-0.15, -0.1) is 12.4 Å². The minimum absolute atomic E-state index is 0. The Balaban J connectivity index is 0.00000182. The van der Waals surface area contributed by atoms with Crippen LogP contribution in [0.25, 0.3) is 0 Å². The molecule has 5 heteroatoms. The first kappa shape index (κ1) is 18.4. The number of anilines is 2. The number of halogens is 1. The molecule has 2 aliphatic heterocycles. The minimum atomic E-state index is 0. The third-order valence-corrected chi connectivity index (χ3v) is 6.27. The van der Waals surface area contributed by atoms with Crippen molar-refractivity contribution >= 4 is 29.7 Å². The molecule has 25 heavy (non-hydrogen) atoms. The van der Waals surface area contributed by atoms with Crippen LogP contribution in [0.5, 0.6) is 0 Å². The van der Waals surface area contributed by atoms with Crippen LogP contribution in [0.2, 0.25) is 0 Å². The SMILES string of the molecule is Cl.Nc1cccc2c1CCCN2CC(=O)N1CCCC2CCCCC21. The molecule has 2 unspecified atom stereocenters. The van der Waals surface area contributed by atoms with E-state index < -0.39 is 0 Å². The molecule has 3 aliphatic rings. The van der Waals surface area contributed by atoms with Crippen molar-refractivity contribution in [1.82, 2.24) is 4.90 Å². The lowest BCUT2D eigenvalue weighted by Gasteiger charge is -2.45. The third kappa shape index (κ3) is 3.59. The van der Waals surface area contributed by atoms with Gasteiger partial charge >= 0.3 is 0 Å². The van der Waals surface area contributed by atoms with E-state index in [0.29, 0.717) is 18.5 Å². The lowest BCUT2D eigenvalue weighted by atomic mass is 9.78. The molecule has 138 valence electrons. The van der Waals surface area contributed by atoms with Crippen LogP contribution in [0.3, 0.4) is 0 Å². The first-order valence-electron chi connectivity index (χ1n) is 9.66. The van der Waals surface area contributed by atoms with Gasteiger partial charge in [-0.25, -0.2) is 0 Å². The number of nitrogen functional groups attached to an aromatic ring is 1. The predicted octanol–water partition coefficient (Wildman–Crippen LogP) is 3.62. The monoisotopic (exact) mass is 363 g/mol. The second-order valence-electron chi connectivity index (χ2n) is 7.71. The minimum Gasteiger partial charge on any atom is -0.398 e. The molecule has 0 radical (unpaired) electrons. The van der Waals surface area contributed by atoms with E-state index in [2.05, 4.69) is 15.9 Å². The number of hydrogen-bond acceptors (Lipinski definition) is 3. The number of likely N-dealkylation sites (tertiary alicyclic amines) is 1. The smallest absolute Gasteiger partial charge is 0.242 e. The van der Waals surface area contributed by atoms with Gasteiger partial charge in [0.25, 0.3) is 0 Å². The molecule has 1 aromatic carbocycles. The summed E-state index contributed by atoms with van der Waals surface area (Å²) in [5.41, 5.74) is 9.41. The molecule has 1 amide bonds. The van der Waals surface area contributed by atoms with Crippen molar-refractivity contribution in [3.63, 3.8) is 0 Å². The molecular formula is C20H30ClN3O. The fraction of sp³-hybridized carbons (Fsp3) is 0.650. The second-order valence-corrected chi connectivity index (χ2v) is 7.71. The largest absolute Gasteiger partial charge is 0.398 e. The molecular weight excluding hydrogens is 334 g/mol. The molecule has 0 spiro atoms. The Morgan fingerprint density at radius 1 is 1.08 bits per heavy atom. The van der Waals surface area contributed by atoms with Crippen LogP contribution < -0.4 is 10.6 Å². The van der Waals surface area contributed by atoms with Crippen LogP contribution in [0.15, 0.2) is 18.2 Å². The average Bonchev–Trinajstić information content (AvgIpc) is 2.62. The van der Waals surface area contributed by atoms with E-state index in [1.54, 1.807) is 0 Å². The van der Waals surface area contributed by atoms with Crippen molar-refractivity contribution in [3.05, 3.63) is 23.8 Å². The fourth-order valence-corrected chi connectivity index (χ4v) is 5.08. The summed E-state index contributed by atoms with van der Waals surface area (Å²) in [6.45, 7) is 2.43. The number of carbonyl (C=O) groups excluding carboxylic acids is 1. The van der Waals surface area contributed by atoms with Gasteiger partial charge in [-0.05, 0) is 62.1 Å². The summed E-state index contributed by atoms with van der Waals surface area (Å²) in [6.07, 6.45) is 9.77. The van der Waals surface area contributed by atoms with E-state index in [1.165, 1.54) is 49.8 Å². The Kier molecular flexibility index (Phi) is 5.78.